The number of urea groups is 1. The molecule has 2 amide bonds. The molecule has 2 heterocycles. The van der Waals surface area contributed by atoms with Crippen molar-refractivity contribution in [3.05, 3.63) is 30.3 Å². The molecule has 1 unspecified atom stereocenters. The summed E-state index contributed by atoms with van der Waals surface area (Å²) in [4.78, 5) is 27.9. The predicted molar refractivity (Wildman–Crippen MR) is 111 cm³/mol. The summed E-state index contributed by atoms with van der Waals surface area (Å²) < 4.78 is 5.38. The maximum absolute atomic E-state index is 12.4. The zero-order valence-corrected chi connectivity index (χ0v) is 17.2. The molecule has 10 heteroatoms. The Morgan fingerprint density at radius 2 is 1.68 bits per heavy atom. The molecule has 28 heavy (non-hydrogen) atoms. The van der Waals surface area contributed by atoms with Gasteiger partial charge < -0.3 is 20.1 Å². The second-order valence-electron chi connectivity index (χ2n) is 6.60. The van der Waals surface area contributed by atoms with Crippen LogP contribution in [0.25, 0.3) is 0 Å². The van der Waals surface area contributed by atoms with Crippen LogP contribution in [0.1, 0.15) is 12.8 Å². The quantitative estimate of drug-likeness (QED) is 0.606. The van der Waals surface area contributed by atoms with Crippen molar-refractivity contribution >= 4 is 36.8 Å². The molecule has 3 rings (SSSR count). The Morgan fingerprint density at radius 3 is 2.25 bits per heavy atom. The number of hydrogen-bond donors (Lipinski definition) is 3. The lowest BCUT2D eigenvalue weighted by Gasteiger charge is -2.40. The number of halogens is 2. The van der Waals surface area contributed by atoms with Crippen LogP contribution in [0.2, 0.25) is 0 Å². The third-order valence-corrected chi connectivity index (χ3v) is 4.90. The molecule has 0 saturated carbocycles. The molecule has 2 aliphatic rings. The summed E-state index contributed by atoms with van der Waals surface area (Å²) >= 11 is 0. The highest BCUT2D eigenvalue weighted by Crippen LogP contribution is 2.15. The number of carboxylic acids is 1. The maximum atomic E-state index is 12.4. The first kappa shape index (κ1) is 24.3. The van der Waals surface area contributed by atoms with E-state index in [1.807, 2.05) is 6.07 Å². The number of piperazine rings is 1. The van der Waals surface area contributed by atoms with Crippen LogP contribution in [0.3, 0.4) is 0 Å². The van der Waals surface area contributed by atoms with E-state index in [2.05, 4.69) is 15.5 Å². The molecule has 2 fully saturated rings. The van der Waals surface area contributed by atoms with Gasteiger partial charge in [0.15, 0.2) is 0 Å². The number of amides is 2. The molecule has 0 bridgehead atoms. The van der Waals surface area contributed by atoms with Crippen molar-refractivity contribution < 1.29 is 19.4 Å². The highest BCUT2D eigenvalue weighted by Gasteiger charge is 2.29. The average Bonchev–Trinajstić information content (AvgIpc) is 2.69. The van der Waals surface area contributed by atoms with Crippen molar-refractivity contribution in [1.29, 1.82) is 0 Å². The van der Waals surface area contributed by atoms with Crippen LogP contribution in [-0.4, -0.2) is 78.4 Å². The van der Waals surface area contributed by atoms with Crippen LogP contribution in [-0.2, 0) is 4.79 Å². The van der Waals surface area contributed by atoms with E-state index < -0.39 is 18.2 Å². The first-order chi connectivity index (χ1) is 12.6. The second kappa shape index (κ2) is 12.0. The topological polar surface area (TPSA) is 94.1 Å². The molecule has 0 spiro atoms. The van der Waals surface area contributed by atoms with Crippen molar-refractivity contribution in [2.45, 2.75) is 25.1 Å². The standard InChI is InChI=1S/C18H26N4O4.2ClH/c23-17(24)16(26-15-4-2-1-3-5-15)20-18(25)22-12-10-21(11-13-22)14-6-8-19-9-7-14;;/h1-5,14,16,19H,6-13H2,(H,20,25)(H,23,24);2*1H. The van der Waals surface area contributed by atoms with Crippen LogP contribution in [0.4, 0.5) is 4.79 Å². The monoisotopic (exact) mass is 434 g/mol. The van der Waals surface area contributed by atoms with Crippen LogP contribution in [0, 0.1) is 0 Å². The van der Waals surface area contributed by atoms with Gasteiger partial charge in [-0.2, -0.15) is 0 Å². The van der Waals surface area contributed by atoms with Gasteiger partial charge in [-0.15, -0.1) is 24.8 Å². The molecule has 0 aliphatic carbocycles. The normalized spacial score (nSPS) is 18.9. The van der Waals surface area contributed by atoms with Crippen molar-refractivity contribution in [2.75, 3.05) is 39.3 Å². The summed E-state index contributed by atoms with van der Waals surface area (Å²) in [7, 11) is 0. The van der Waals surface area contributed by atoms with Gasteiger partial charge in [-0.05, 0) is 38.1 Å². The smallest absolute Gasteiger partial charge is 0.366 e. The molecule has 158 valence electrons. The van der Waals surface area contributed by atoms with Crippen molar-refractivity contribution in [3.8, 4) is 5.75 Å². The number of nitrogens with one attached hydrogen (secondary N) is 2. The molecule has 1 aromatic rings. The minimum atomic E-state index is -1.41. The summed E-state index contributed by atoms with van der Waals surface area (Å²) in [5.41, 5.74) is 0. The van der Waals surface area contributed by atoms with E-state index in [0.29, 0.717) is 24.9 Å². The van der Waals surface area contributed by atoms with Gasteiger partial charge in [0.1, 0.15) is 5.75 Å². The van der Waals surface area contributed by atoms with Crippen molar-refractivity contribution in [1.82, 2.24) is 20.4 Å². The predicted octanol–water partition coefficient (Wildman–Crippen LogP) is 1.40. The Balaban J connectivity index is 0.00000196. The number of rotatable bonds is 5. The number of carbonyl (C=O) groups excluding carboxylic acids is 1. The average molecular weight is 435 g/mol. The van der Waals surface area contributed by atoms with E-state index in [1.165, 1.54) is 0 Å². The zero-order valence-electron chi connectivity index (χ0n) is 15.6. The Hall–Kier alpha value is -1.74. The summed E-state index contributed by atoms with van der Waals surface area (Å²) in [5.74, 6) is -0.827. The van der Waals surface area contributed by atoms with Crippen molar-refractivity contribution in [3.63, 3.8) is 0 Å². The van der Waals surface area contributed by atoms with E-state index in [-0.39, 0.29) is 24.8 Å². The number of piperidine rings is 1. The summed E-state index contributed by atoms with van der Waals surface area (Å²) in [6.07, 6.45) is 0.864. The van der Waals surface area contributed by atoms with Gasteiger partial charge in [0.05, 0.1) is 0 Å². The lowest BCUT2D eigenvalue weighted by Crippen LogP contribution is -2.58. The summed E-state index contributed by atoms with van der Waals surface area (Å²) in [6, 6.07) is 8.78. The Morgan fingerprint density at radius 1 is 1.07 bits per heavy atom. The minimum Gasteiger partial charge on any atom is -0.477 e. The highest BCUT2D eigenvalue weighted by molar-refractivity contribution is 5.85. The Kier molecular flexibility index (Phi) is 10.4. The minimum absolute atomic E-state index is 0. The van der Waals surface area contributed by atoms with Gasteiger partial charge in [-0.1, -0.05) is 18.2 Å². The number of nitrogens with zero attached hydrogens (tertiary/aromatic N) is 2. The molecule has 1 aromatic carbocycles. The molecule has 0 radical (unpaired) electrons. The first-order valence-electron chi connectivity index (χ1n) is 9.08. The molecule has 2 aliphatic heterocycles. The number of carboxylic acid groups (broad SMARTS) is 1. The fraction of sp³-hybridized carbons (Fsp3) is 0.556. The fourth-order valence-electron chi connectivity index (χ4n) is 3.44. The molecule has 8 nitrogen and oxygen atoms in total. The molecule has 2 saturated heterocycles. The lowest BCUT2D eigenvalue weighted by atomic mass is 10.0. The third kappa shape index (κ3) is 6.70. The van der Waals surface area contributed by atoms with Crippen LogP contribution in [0.5, 0.6) is 5.75 Å². The van der Waals surface area contributed by atoms with Gasteiger partial charge in [0, 0.05) is 32.2 Å². The molecular weight excluding hydrogens is 407 g/mol. The van der Waals surface area contributed by atoms with E-state index in [4.69, 9.17) is 4.74 Å². The van der Waals surface area contributed by atoms with Gasteiger partial charge in [-0.25, -0.2) is 9.59 Å². The van der Waals surface area contributed by atoms with Crippen LogP contribution >= 0.6 is 24.8 Å². The maximum Gasteiger partial charge on any atom is 0.366 e. The Bertz CT molecular complexity index is 609. The van der Waals surface area contributed by atoms with Crippen LogP contribution < -0.4 is 15.4 Å². The molecule has 3 N–H and O–H groups in total. The lowest BCUT2D eigenvalue weighted by molar-refractivity contribution is -0.146. The van der Waals surface area contributed by atoms with Crippen LogP contribution in [0.15, 0.2) is 30.3 Å². The SMILES string of the molecule is Cl.Cl.O=C(O)C(NC(=O)N1CCN(C2CCNCC2)CC1)Oc1ccccc1. The molecular formula is C18H28Cl2N4O4. The first-order valence-corrected chi connectivity index (χ1v) is 9.08. The fourth-order valence-corrected chi connectivity index (χ4v) is 3.44. The van der Waals surface area contributed by atoms with Gasteiger partial charge in [-0.3, -0.25) is 10.2 Å². The number of benzene rings is 1. The number of ether oxygens (including phenoxy) is 1. The molecule has 1 atom stereocenters. The molecule has 0 aromatic heterocycles. The second-order valence-corrected chi connectivity index (χ2v) is 6.60. The van der Waals surface area contributed by atoms with Gasteiger partial charge >= 0.3 is 12.0 Å². The van der Waals surface area contributed by atoms with Crippen molar-refractivity contribution in [2.24, 2.45) is 0 Å². The third-order valence-electron chi connectivity index (χ3n) is 4.90. The van der Waals surface area contributed by atoms with Gasteiger partial charge in [0.25, 0.3) is 6.23 Å². The zero-order chi connectivity index (χ0) is 18.4. The number of hydrogen-bond acceptors (Lipinski definition) is 5. The van der Waals surface area contributed by atoms with E-state index >= 15 is 0 Å². The summed E-state index contributed by atoms with van der Waals surface area (Å²) in [5, 5.41) is 15.1. The number of carbonyl (C=O) groups is 2. The Labute approximate surface area is 177 Å². The number of aliphatic carboxylic acids is 1. The summed E-state index contributed by atoms with van der Waals surface area (Å²) in [6.45, 7) is 4.90. The highest BCUT2D eigenvalue weighted by atomic mass is 35.5. The van der Waals surface area contributed by atoms with E-state index in [0.717, 1.165) is 39.0 Å². The largest absolute Gasteiger partial charge is 0.477 e. The van der Waals surface area contributed by atoms with E-state index in [9.17, 15) is 14.7 Å². The number of para-hydroxylation sites is 1. The van der Waals surface area contributed by atoms with Gasteiger partial charge in [0.2, 0.25) is 0 Å². The van der Waals surface area contributed by atoms with E-state index in [1.54, 1.807) is 29.2 Å².